The van der Waals surface area contributed by atoms with Crippen LogP contribution in [0.1, 0.15) is 38.4 Å². The number of nitro groups is 1. The number of benzene rings is 2. The Hall–Kier alpha value is -3.69. The van der Waals surface area contributed by atoms with Gasteiger partial charge in [0.25, 0.3) is 5.91 Å². The highest BCUT2D eigenvalue weighted by Crippen LogP contribution is 2.29. The zero-order valence-corrected chi connectivity index (χ0v) is 17.4. The first kappa shape index (κ1) is 23.0. The Morgan fingerprint density at radius 1 is 1.06 bits per heavy atom. The minimum Gasteiger partial charge on any atom is -0.352 e. The van der Waals surface area contributed by atoms with Crippen LogP contribution in [0.3, 0.4) is 0 Å². The molecule has 168 valence electrons. The zero-order valence-electron chi connectivity index (χ0n) is 17.4. The lowest BCUT2D eigenvalue weighted by atomic mass is 10.1. The number of hydrogen-bond acceptors (Lipinski definition) is 4. The number of nitrogens with one attached hydrogen (secondary N) is 1. The molecule has 1 heterocycles. The van der Waals surface area contributed by atoms with E-state index in [0.717, 1.165) is 17.7 Å². The summed E-state index contributed by atoms with van der Waals surface area (Å²) in [6, 6.07) is 11.6. The summed E-state index contributed by atoms with van der Waals surface area (Å²) in [6.45, 7) is 3.83. The monoisotopic (exact) mass is 446 g/mol. The molecule has 1 aromatic heterocycles. The molecule has 1 amide bonds. The van der Waals surface area contributed by atoms with Crippen molar-refractivity contribution in [1.29, 1.82) is 0 Å². The van der Waals surface area contributed by atoms with Crippen molar-refractivity contribution in [3.05, 3.63) is 92.3 Å². The quantitative estimate of drug-likeness (QED) is 0.429. The summed E-state index contributed by atoms with van der Waals surface area (Å²) in [6.07, 6.45) is -3.97. The summed E-state index contributed by atoms with van der Waals surface area (Å²) in [5.41, 5.74) is 2.03. The Kier molecular flexibility index (Phi) is 6.61. The van der Waals surface area contributed by atoms with Gasteiger partial charge in [0.1, 0.15) is 11.4 Å². The molecule has 3 aromatic rings. The molecule has 0 aliphatic rings. The van der Waals surface area contributed by atoms with Gasteiger partial charge in [0, 0.05) is 12.1 Å². The number of halogens is 3. The second-order valence-electron chi connectivity index (χ2n) is 7.33. The van der Waals surface area contributed by atoms with Crippen molar-refractivity contribution in [3.8, 4) is 0 Å². The Balaban J connectivity index is 1.55. The molecule has 0 aliphatic carbocycles. The van der Waals surface area contributed by atoms with Crippen LogP contribution in [0.5, 0.6) is 0 Å². The number of alkyl halides is 3. The smallest absolute Gasteiger partial charge is 0.352 e. The third-order valence-corrected chi connectivity index (χ3v) is 5.05. The molecule has 0 saturated heterocycles. The SMILES string of the molecule is Cc1nn(Cc2ccc(C(=O)NCCc3ccc(C(F)(F)F)cc3)cc2)c(C)c1[N+](=O)[O-]. The molecule has 1 N–H and O–H groups in total. The zero-order chi connectivity index (χ0) is 23.5. The highest BCUT2D eigenvalue weighted by molar-refractivity contribution is 5.94. The Labute approximate surface area is 182 Å². The maximum absolute atomic E-state index is 12.6. The van der Waals surface area contributed by atoms with Crippen LogP contribution in [0.15, 0.2) is 48.5 Å². The van der Waals surface area contributed by atoms with E-state index in [2.05, 4.69) is 10.4 Å². The average molecular weight is 446 g/mol. The number of aromatic nitrogens is 2. The summed E-state index contributed by atoms with van der Waals surface area (Å²) >= 11 is 0. The van der Waals surface area contributed by atoms with Gasteiger partial charge in [-0.25, -0.2) is 0 Å². The number of hydrogen-bond donors (Lipinski definition) is 1. The maximum Gasteiger partial charge on any atom is 0.416 e. The predicted molar refractivity (Wildman–Crippen MR) is 111 cm³/mol. The van der Waals surface area contributed by atoms with E-state index in [-0.39, 0.29) is 18.1 Å². The van der Waals surface area contributed by atoms with E-state index in [9.17, 15) is 28.1 Å². The van der Waals surface area contributed by atoms with E-state index in [1.54, 1.807) is 42.8 Å². The molecule has 0 radical (unpaired) electrons. The van der Waals surface area contributed by atoms with Gasteiger partial charge >= 0.3 is 11.9 Å². The largest absolute Gasteiger partial charge is 0.416 e. The first-order valence-electron chi connectivity index (χ1n) is 9.78. The lowest BCUT2D eigenvalue weighted by Gasteiger charge is -2.09. The van der Waals surface area contributed by atoms with Gasteiger partial charge in [0.15, 0.2) is 0 Å². The van der Waals surface area contributed by atoms with E-state index in [4.69, 9.17) is 0 Å². The van der Waals surface area contributed by atoms with Crippen molar-refractivity contribution >= 4 is 11.6 Å². The minimum atomic E-state index is -4.37. The summed E-state index contributed by atoms with van der Waals surface area (Å²) in [4.78, 5) is 23.0. The van der Waals surface area contributed by atoms with Crippen molar-refractivity contribution in [3.63, 3.8) is 0 Å². The van der Waals surface area contributed by atoms with Crippen molar-refractivity contribution < 1.29 is 22.9 Å². The molecular weight excluding hydrogens is 425 g/mol. The van der Waals surface area contributed by atoms with Crippen molar-refractivity contribution in [2.45, 2.75) is 33.0 Å². The van der Waals surface area contributed by atoms with E-state index in [0.29, 0.717) is 35.5 Å². The van der Waals surface area contributed by atoms with Gasteiger partial charge in [-0.3, -0.25) is 19.6 Å². The number of carbonyl (C=O) groups excluding carboxylic acids is 1. The summed E-state index contributed by atoms with van der Waals surface area (Å²) < 4.78 is 39.3. The molecule has 2 aromatic carbocycles. The number of carbonyl (C=O) groups is 1. The topological polar surface area (TPSA) is 90.1 Å². The van der Waals surface area contributed by atoms with Gasteiger partial charge in [-0.2, -0.15) is 18.3 Å². The molecular formula is C22H21F3N4O3. The van der Waals surface area contributed by atoms with Gasteiger partial charge in [0.2, 0.25) is 0 Å². The van der Waals surface area contributed by atoms with Crippen LogP contribution in [0.25, 0.3) is 0 Å². The number of aryl methyl sites for hydroxylation is 1. The summed E-state index contributed by atoms with van der Waals surface area (Å²) in [5, 5.41) is 18.1. The Morgan fingerprint density at radius 3 is 2.19 bits per heavy atom. The van der Waals surface area contributed by atoms with E-state index < -0.39 is 16.7 Å². The Bertz CT molecular complexity index is 1120. The van der Waals surface area contributed by atoms with E-state index in [1.807, 2.05) is 0 Å². The van der Waals surface area contributed by atoms with Crippen LogP contribution in [0.4, 0.5) is 18.9 Å². The third-order valence-electron chi connectivity index (χ3n) is 5.05. The molecule has 0 aliphatic heterocycles. The molecule has 3 rings (SSSR count). The van der Waals surface area contributed by atoms with Gasteiger partial charge in [-0.15, -0.1) is 0 Å². The fraction of sp³-hybridized carbons (Fsp3) is 0.273. The highest BCUT2D eigenvalue weighted by Gasteiger charge is 2.29. The van der Waals surface area contributed by atoms with Gasteiger partial charge < -0.3 is 5.32 Å². The minimum absolute atomic E-state index is 0.00551. The van der Waals surface area contributed by atoms with E-state index >= 15 is 0 Å². The lowest BCUT2D eigenvalue weighted by Crippen LogP contribution is -2.25. The highest BCUT2D eigenvalue weighted by atomic mass is 19.4. The van der Waals surface area contributed by atoms with E-state index in [1.165, 1.54) is 12.1 Å². The fourth-order valence-corrected chi connectivity index (χ4v) is 3.32. The van der Waals surface area contributed by atoms with Crippen LogP contribution in [-0.4, -0.2) is 27.2 Å². The first-order chi connectivity index (χ1) is 15.1. The van der Waals surface area contributed by atoms with Crippen molar-refractivity contribution in [2.24, 2.45) is 0 Å². The standard InChI is InChI=1S/C22H21F3N4O3/c1-14-20(29(31)32)15(2)28(27-14)13-17-3-7-18(8-4-17)21(30)26-12-11-16-5-9-19(10-6-16)22(23,24)25/h3-10H,11-13H2,1-2H3,(H,26,30). The van der Waals surface area contributed by atoms with Gasteiger partial charge in [0.05, 0.1) is 17.0 Å². The molecule has 0 spiro atoms. The molecule has 0 atom stereocenters. The summed E-state index contributed by atoms with van der Waals surface area (Å²) in [7, 11) is 0. The molecule has 10 heteroatoms. The molecule has 0 fully saturated rings. The van der Waals surface area contributed by atoms with Gasteiger partial charge in [-0.05, 0) is 55.7 Å². The van der Waals surface area contributed by atoms with Crippen LogP contribution >= 0.6 is 0 Å². The Morgan fingerprint density at radius 2 is 1.66 bits per heavy atom. The third kappa shape index (κ3) is 5.32. The van der Waals surface area contributed by atoms with Crippen LogP contribution < -0.4 is 5.32 Å². The molecule has 0 saturated carbocycles. The first-order valence-corrected chi connectivity index (χ1v) is 9.78. The van der Waals surface area contributed by atoms with Crippen molar-refractivity contribution in [1.82, 2.24) is 15.1 Å². The fourth-order valence-electron chi connectivity index (χ4n) is 3.32. The number of nitrogens with zero attached hydrogens (tertiary/aromatic N) is 3. The predicted octanol–water partition coefficient (Wildman–Crippen LogP) is 4.45. The second kappa shape index (κ2) is 9.21. The van der Waals surface area contributed by atoms with Crippen molar-refractivity contribution in [2.75, 3.05) is 6.54 Å². The normalized spacial score (nSPS) is 11.4. The van der Waals surface area contributed by atoms with Crippen LogP contribution in [-0.2, 0) is 19.1 Å². The second-order valence-corrected chi connectivity index (χ2v) is 7.33. The maximum atomic E-state index is 12.6. The van der Waals surface area contributed by atoms with Crippen LogP contribution in [0, 0.1) is 24.0 Å². The lowest BCUT2D eigenvalue weighted by molar-refractivity contribution is -0.386. The summed E-state index contributed by atoms with van der Waals surface area (Å²) in [5.74, 6) is -0.301. The van der Waals surface area contributed by atoms with Crippen LogP contribution in [0.2, 0.25) is 0 Å². The molecule has 0 unspecified atom stereocenters. The average Bonchev–Trinajstić information content (AvgIpc) is 3.01. The number of amides is 1. The van der Waals surface area contributed by atoms with Gasteiger partial charge in [-0.1, -0.05) is 24.3 Å². The molecule has 0 bridgehead atoms. The number of rotatable bonds is 7. The molecule has 7 nitrogen and oxygen atoms in total. The molecule has 32 heavy (non-hydrogen) atoms.